The number of rotatable bonds is 5. The van der Waals surface area contributed by atoms with Crippen LogP contribution in [0.25, 0.3) is 0 Å². The third-order valence-electron chi connectivity index (χ3n) is 4.69. The smallest absolute Gasteiger partial charge is 0.416 e. The molecule has 3 rings (SSSR count). The lowest BCUT2D eigenvalue weighted by molar-refractivity contribution is -0.137. The molecule has 0 amide bonds. The lowest BCUT2D eigenvalue weighted by Crippen LogP contribution is -2.47. The second-order valence-corrected chi connectivity index (χ2v) is 8.68. The highest BCUT2D eigenvalue weighted by molar-refractivity contribution is 7.92. The van der Waals surface area contributed by atoms with Gasteiger partial charge in [-0.25, -0.2) is 13.2 Å². The molecular weight excluding hydrogens is 423 g/mol. The number of nitrogens with zero attached hydrogens (tertiary/aromatic N) is 2. The molecule has 2 aromatic carbocycles. The van der Waals surface area contributed by atoms with Crippen LogP contribution in [-0.4, -0.2) is 51.9 Å². The molecule has 0 spiro atoms. The topological polar surface area (TPSA) is 90.0 Å². The van der Waals surface area contributed by atoms with E-state index in [9.17, 15) is 31.5 Å². The quantitative estimate of drug-likeness (QED) is 0.738. The zero-order chi connectivity index (χ0) is 22.1. The van der Waals surface area contributed by atoms with Crippen molar-refractivity contribution in [1.82, 2.24) is 0 Å². The van der Waals surface area contributed by atoms with Gasteiger partial charge in [-0.15, -0.1) is 0 Å². The largest absolute Gasteiger partial charge is 0.478 e. The van der Waals surface area contributed by atoms with Crippen molar-refractivity contribution in [2.45, 2.75) is 6.18 Å². The minimum atomic E-state index is -4.42. The SMILES string of the molecule is CS(=O)(=O)Nc1ccc(N2CCN(c3cccc(C(F)(F)F)c3)CC2)c(C(=O)O)c1. The van der Waals surface area contributed by atoms with E-state index in [2.05, 4.69) is 4.72 Å². The van der Waals surface area contributed by atoms with Crippen LogP contribution >= 0.6 is 0 Å². The molecule has 1 aliphatic heterocycles. The van der Waals surface area contributed by atoms with Crippen LogP contribution in [0.3, 0.4) is 0 Å². The Kier molecular flexibility index (Phi) is 5.84. The number of carboxylic acids is 1. The number of nitrogens with one attached hydrogen (secondary N) is 1. The number of hydrogen-bond acceptors (Lipinski definition) is 5. The van der Waals surface area contributed by atoms with Gasteiger partial charge in [0.25, 0.3) is 0 Å². The number of anilines is 3. The molecule has 0 saturated carbocycles. The molecule has 0 aromatic heterocycles. The summed E-state index contributed by atoms with van der Waals surface area (Å²) in [7, 11) is -3.55. The second-order valence-electron chi connectivity index (χ2n) is 6.93. The van der Waals surface area contributed by atoms with Crippen molar-refractivity contribution in [2.75, 3.05) is 47.0 Å². The molecular formula is C19H20F3N3O4S. The number of hydrogen-bond donors (Lipinski definition) is 2. The molecule has 0 unspecified atom stereocenters. The second kappa shape index (κ2) is 8.05. The summed E-state index contributed by atoms with van der Waals surface area (Å²) in [5.41, 5.74) is 0.239. The average Bonchev–Trinajstić information content (AvgIpc) is 2.66. The molecule has 30 heavy (non-hydrogen) atoms. The van der Waals surface area contributed by atoms with E-state index >= 15 is 0 Å². The highest BCUT2D eigenvalue weighted by Crippen LogP contribution is 2.32. The van der Waals surface area contributed by atoms with Gasteiger partial charge in [0.1, 0.15) is 0 Å². The summed E-state index contributed by atoms with van der Waals surface area (Å²) in [5.74, 6) is -1.21. The lowest BCUT2D eigenvalue weighted by atomic mass is 10.1. The molecule has 1 fully saturated rings. The van der Waals surface area contributed by atoms with Crippen LogP contribution < -0.4 is 14.5 Å². The molecule has 11 heteroatoms. The van der Waals surface area contributed by atoms with Gasteiger partial charge in [0.05, 0.1) is 23.1 Å². The van der Waals surface area contributed by atoms with E-state index in [4.69, 9.17) is 0 Å². The third kappa shape index (κ3) is 5.15. The zero-order valence-corrected chi connectivity index (χ0v) is 16.8. The van der Waals surface area contributed by atoms with Gasteiger partial charge in [-0.2, -0.15) is 13.2 Å². The van der Waals surface area contributed by atoms with Crippen molar-refractivity contribution >= 4 is 33.1 Å². The Morgan fingerprint density at radius 2 is 1.67 bits per heavy atom. The monoisotopic (exact) mass is 443 g/mol. The van der Waals surface area contributed by atoms with Crippen molar-refractivity contribution in [3.63, 3.8) is 0 Å². The number of sulfonamides is 1. The van der Waals surface area contributed by atoms with Crippen molar-refractivity contribution < 1.29 is 31.5 Å². The maximum Gasteiger partial charge on any atom is 0.416 e. The summed E-state index contributed by atoms with van der Waals surface area (Å²) in [6, 6.07) is 9.34. The van der Waals surface area contributed by atoms with E-state index in [0.717, 1.165) is 18.4 Å². The molecule has 2 N–H and O–H groups in total. The van der Waals surface area contributed by atoms with Crippen LogP contribution in [0.15, 0.2) is 42.5 Å². The summed E-state index contributed by atoms with van der Waals surface area (Å²) in [4.78, 5) is 15.3. The maximum atomic E-state index is 12.9. The van der Waals surface area contributed by atoms with Gasteiger partial charge in [0.15, 0.2) is 0 Å². The van der Waals surface area contributed by atoms with Crippen LogP contribution in [-0.2, 0) is 16.2 Å². The van der Waals surface area contributed by atoms with Crippen molar-refractivity contribution in [2.24, 2.45) is 0 Å². The van der Waals surface area contributed by atoms with Crippen LogP contribution in [0.1, 0.15) is 15.9 Å². The standard InChI is InChI=1S/C19H20F3N3O4S/c1-30(28,29)23-14-5-6-17(16(12-14)18(26)27)25-9-7-24(8-10-25)15-4-2-3-13(11-15)19(20,21)22/h2-6,11-12,23H,7-10H2,1H3,(H,26,27). The van der Waals surface area contributed by atoms with Crippen LogP contribution in [0, 0.1) is 0 Å². The molecule has 1 saturated heterocycles. The predicted molar refractivity (Wildman–Crippen MR) is 108 cm³/mol. The van der Waals surface area contributed by atoms with Crippen molar-refractivity contribution in [3.8, 4) is 0 Å². The normalized spacial score (nSPS) is 15.2. The minimum Gasteiger partial charge on any atom is -0.478 e. The molecule has 2 aromatic rings. The fraction of sp³-hybridized carbons (Fsp3) is 0.316. The van der Waals surface area contributed by atoms with E-state index in [-0.39, 0.29) is 11.3 Å². The summed E-state index contributed by atoms with van der Waals surface area (Å²) in [6.45, 7) is 1.61. The van der Waals surface area contributed by atoms with Gasteiger partial charge in [0, 0.05) is 37.6 Å². The Bertz CT molecular complexity index is 1050. The van der Waals surface area contributed by atoms with Crippen molar-refractivity contribution in [3.05, 3.63) is 53.6 Å². The van der Waals surface area contributed by atoms with Gasteiger partial charge in [-0.1, -0.05) is 6.07 Å². The number of carboxylic acid groups (broad SMARTS) is 1. The number of carbonyl (C=O) groups is 1. The van der Waals surface area contributed by atoms with E-state index in [1.54, 1.807) is 6.07 Å². The van der Waals surface area contributed by atoms with E-state index in [1.165, 1.54) is 24.3 Å². The minimum absolute atomic E-state index is 0.0591. The van der Waals surface area contributed by atoms with E-state index in [1.807, 2.05) is 9.80 Å². The number of piperazine rings is 1. The van der Waals surface area contributed by atoms with Gasteiger partial charge in [-0.05, 0) is 36.4 Å². The first-order chi connectivity index (χ1) is 13.9. The Morgan fingerprint density at radius 1 is 1.03 bits per heavy atom. The summed E-state index contributed by atoms with van der Waals surface area (Å²) >= 11 is 0. The summed E-state index contributed by atoms with van der Waals surface area (Å²) < 4.78 is 63.9. The van der Waals surface area contributed by atoms with Gasteiger partial charge < -0.3 is 14.9 Å². The van der Waals surface area contributed by atoms with Gasteiger partial charge in [-0.3, -0.25) is 4.72 Å². The Labute approximate surface area is 171 Å². The Balaban J connectivity index is 1.77. The Hall–Kier alpha value is -2.95. The number of halogens is 3. The number of benzene rings is 2. The van der Waals surface area contributed by atoms with Gasteiger partial charge >= 0.3 is 12.1 Å². The van der Waals surface area contributed by atoms with Crippen LogP contribution in [0.4, 0.5) is 30.2 Å². The van der Waals surface area contributed by atoms with E-state index in [0.29, 0.717) is 37.6 Å². The number of alkyl halides is 3. The molecule has 0 bridgehead atoms. The van der Waals surface area contributed by atoms with Gasteiger partial charge in [0.2, 0.25) is 10.0 Å². The lowest BCUT2D eigenvalue weighted by Gasteiger charge is -2.38. The third-order valence-corrected chi connectivity index (χ3v) is 5.30. The highest BCUT2D eigenvalue weighted by atomic mass is 32.2. The maximum absolute atomic E-state index is 12.9. The summed E-state index contributed by atoms with van der Waals surface area (Å²) in [6.07, 6.45) is -3.45. The first kappa shape index (κ1) is 21.8. The number of aromatic carboxylic acids is 1. The Morgan fingerprint density at radius 3 is 2.23 bits per heavy atom. The summed E-state index contributed by atoms with van der Waals surface area (Å²) in [5, 5.41) is 9.53. The first-order valence-electron chi connectivity index (χ1n) is 8.96. The fourth-order valence-electron chi connectivity index (χ4n) is 3.35. The highest BCUT2D eigenvalue weighted by Gasteiger charge is 2.31. The van der Waals surface area contributed by atoms with Crippen molar-refractivity contribution in [1.29, 1.82) is 0 Å². The zero-order valence-electron chi connectivity index (χ0n) is 16.0. The fourth-order valence-corrected chi connectivity index (χ4v) is 3.90. The van der Waals surface area contributed by atoms with E-state index < -0.39 is 27.7 Å². The molecule has 1 heterocycles. The molecule has 7 nitrogen and oxygen atoms in total. The van der Waals surface area contributed by atoms with Crippen LogP contribution in [0.5, 0.6) is 0 Å². The molecule has 0 aliphatic carbocycles. The molecule has 0 atom stereocenters. The predicted octanol–water partition coefficient (Wildman–Crippen LogP) is 3.10. The average molecular weight is 443 g/mol. The first-order valence-corrected chi connectivity index (χ1v) is 10.9. The van der Waals surface area contributed by atoms with Crippen LogP contribution in [0.2, 0.25) is 0 Å². The molecule has 162 valence electrons. The molecule has 0 radical (unpaired) electrons. The molecule has 1 aliphatic rings.